The Labute approximate surface area is 140 Å². The van der Waals surface area contributed by atoms with Gasteiger partial charge in [-0.15, -0.1) is 0 Å². The fourth-order valence-corrected chi connectivity index (χ4v) is 4.08. The van der Waals surface area contributed by atoms with Gasteiger partial charge in [-0.25, -0.2) is 0 Å². The molecule has 0 amide bonds. The van der Waals surface area contributed by atoms with Crippen LogP contribution in [0, 0.1) is 17.8 Å². The number of hydrogen-bond acceptors (Lipinski definition) is 4. The third-order valence-electron chi connectivity index (χ3n) is 2.68. The topological polar surface area (TPSA) is 21.3 Å². The molecule has 0 aliphatic rings. The van der Waals surface area contributed by atoms with E-state index in [1.165, 1.54) is 12.8 Å². The third kappa shape index (κ3) is 14.9. The molecule has 2 nitrogen and oxygen atoms in total. The Morgan fingerprint density at radius 1 is 1.24 bits per heavy atom. The zero-order valence-electron chi connectivity index (χ0n) is 14.6. The third-order valence-corrected chi connectivity index (χ3v) is 6.30. The number of ether oxygens (including phenoxy) is 1. The summed E-state index contributed by atoms with van der Waals surface area (Å²) >= 11 is 0. The van der Waals surface area contributed by atoms with Gasteiger partial charge in [0, 0.05) is 10.7 Å². The van der Waals surface area contributed by atoms with Crippen molar-refractivity contribution in [3.63, 3.8) is 0 Å². The van der Waals surface area contributed by atoms with Crippen LogP contribution in [-0.2, 0) is 4.74 Å². The Morgan fingerprint density at radius 2 is 1.95 bits per heavy atom. The van der Waals surface area contributed by atoms with Gasteiger partial charge in [-0.05, 0) is 32.9 Å². The quantitative estimate of drug-likeness (QED) is 0.264. The van der Waals surface area contributed by atoms with Gasteiger partial charge in [-0.2, -0.15) is 0 Å². The lowest BCUT2D eigenvalue weighted by molar-refractivity contribution is 0.136. The molecule has 0 heterocycles. The van der Waals surface area contributed by atoms with E-state index in [0.29, 0.717) is 12.5 Å². The van der Waals surface area contributed by atoms with Gasteiger partial charge in [0.05, 0.1) is 0 Å². The summed E-state index contributed by atoms with van der Waals surface area (Å²) in [6.45, 7) is 12.7. The van der Waals surface area contributed by atoms with Crippen LogP contribution in [0.25, 0.3) is 0 Å². The second kappa shape index (κ2) is 12.7. The minimum absolute atomic E-state index is 0.235. The van der Waals surface area contributed by atoms with Crippen molar-refractivity contribution in [3.8, 4) is 11.8 Å². The van der Waals surface area contributed by atoms with E-state index in [9.17, 15) is 0 Å². The van der Waals surface area contributed by atoms with Gasteiger partial charge >= 0.3 is 0 Å². The minimum atomic E-state index is 0.235. The number of rotatable bonds is 10. The molecule has 0 fully saturated rings. The molecule has 0 aromatic carbocycles. The SMILES string of the molecule is CCCC(C)C#CCOC(CCCNC)SSC(C)(C)C. The molecule has 0 bridgehead atoms. The molecular formula is C17H33NOS2. The van der Waals surface area contributed by atoms with Crippen molar-refractivity contribution in [1.82, 2.24) is 5.32 Å². The highest BCUT2D eigenvalue weighted by Gasteiger charge is 2.16. The van der Waals surface area contributed by atoms with E-state index in [1.54, 1.807) is 0 Å². The Hall–Kier alpha value is 0.180. The van der Waals surface area contributed by atoms with Gasteiger partial charge in [-0.1, -0.05) is 74.5 Å². The first-order chi connectivity index (χ1) is 9.89. The molecule has 0 spiro atoms. The van der Waals surface area contributed by atoms with Crippen molar-refractivity contribution < 1.29 is 4.74 Å². The normalized spacial score (nSPS) is 14.4. The van der Waals surface area contributed by atoms with Crippen molar-refractivity contribution in [1.29, 1.82) is 0 Å². The maximum atomic E-state index is 5.95. The Morgan fingerprint density at radius 3 is 2.52 bits per heavy atom. The first-order valence-corrected chi connectivity index (χ1v) is 10.2. The maximum Gasteiger partial charge on any atom is 0.114 e. The molecule has 2 unspecified atom stereocenters. The Balaban J connectivity index is 4.13. The van der Waals surface area contributed by atoms with Crippen LogP contribution in [0.3, 0.4) is 0 Å². The van der Waals surface area contributed by atoms with Gasteiger partial charge in [0.1, 0.15) is 12.0 Å². The largest absolute Gasteiger partial charge is 0.354 e. The van der Waals surface area contributed by atoms with Crippen LogP contribution in [0.15, 0.2) is 0 Å². The van der Waals surface area contributed by atoms with Crippen LogP contribution in [0.2, 0.25) is 0 Å². The molecular weight excluding hydrogens is 298 g/mol. The Bertz CT molecular complexity index is 304. The molecule has 0 rings (SSSR count). The van der Waals surface area contributed by atoms with Crippen LogP contribution >= 0.6 is 21.6 Å². The first kappa shape index (κ1) is 21.2. The summed E-state index contributed by atoms with van der Waals surface area (Å²) in [6.07, 6.45) is 4.58. The van der Waals surface area contributed by atoms with Crippen molar-refractivity contribution in [2.45, 2.75) is 70.5 Å². The highest BCUT2D eigenvalue weighted by molar-refractivity contribution is 8.77. The van der Waals surface area contributed by atoms with Gasteiger partial charge in [0.2, 0.25) is 0 Å². The van der Waals surface area contributed by atoms with E-state index in [4.69, 9.17) is 4.74 Å². The van der Waals surface area contributed by atoms with Crippen LogP contribution < -0.4 is 5.32 Å². The molecule has 21 heavy (non-hydrogen) atoms. The average Bonchev–Trinajstić information content (AvgIpc) is 2.39. The first-order valence-electron chi connectivity index (χ1n) is 7.98. The summed E-state index contributed by atoms with van der Waals surface area (Å²) in [6, 6.07) is 0. The summed E-state index contributed by atoms with van der Waals surface area (Å²) in [5.41, 5.74) is 0.235. The summed E-state index contributed by atoms with van der Waals surface area (Å²) in [7, 11) is 5.74. The van der Waals surface area contributed by atoms with Crippen molar-refractivity contribution >= 4 is 21.6 Å². The number of hydrogen-bond donors (Lipinski definition) is 1. The predicted octanol–water partition coefficient (Wildman–Crippen LogP) is 4.95. The van der Waals surface area contributed by atoms with Gasteiger partial charge in [0.15, 0.2) is 0 Å². The monoisotopic (exact) mass is 331 g/mol. The zero-order valence-corrected chi connectivity index (χ0v) is 16.3. The standard InChI is InChI=1S/C17H33NOS2/c1-7-10-15(2)11-9-14-19-16(12-8-13-18-6)20-21-17(3,4)5/h15-16,18H,7-8,10,12-14H2,1-6H3. The molecule has 0 saturated heterocycles. The fraction of sp³-hybridized carbons (Fsp3) is 0.882. The van der Waals surface area contributed by atoms with Crippen molar-refractivity contribution in [3.05, 3.63) is 0 Å². The smallest absolute Gasteiger partial charge is 0.114 e. The van der Waals surface area contributed by atoms with Gasteiger partial charge < -0.3 is 10.1 Å². The van der Waals surface area contributed by atoms with Gasteiger partial charge in [-0.3, -0.25) is 0 Å². The van der Waals surface area contributed by atoms with E-state index in [1.807, 2.05) is 28.6 Å². The lowest BCUT2D eigenvalue weighted by atomic mass is 10.1. The molecule has 0 saturated carbocycles. The molecule has 2 atom stereocenters. The summed E-state index contributed by atoms with van der Waals surface area (Å²) in [4.78, 5) is 0. The summed E-state index contributed by atoms with van der Waals surface area (Å²) in [5.74, 6) is 6.94. The Kier molecular flexibility index (Phi) is 12.8. The van der Waals surface area contributed by atoms with Crippen LogP contribution in [0.5, 0.6) is 0 Å². The highest BCUT2D eigenvalue weighted by Crippen LogP contribution is 2.39. The predicted molar refractivity (Wildman–Crippen MR) is 99.7 cm³/mol. The second-order valence-corrected chi connectivity index (χ2v) is 9.48. The second-order valence-electron chi connectivity index (χ2n) is 6.29. The van der Waals surface area contributed by atoms with Crippen LogP contribution in [0.4, 0.5) is 0 Å². The number of nitrogens with one attached hydrogen (secondary N) is 1. The van der Waals surface area contributed by atoms with Crippen molar-refractivity contribution in [2.24, 2.45) is 5.92 Å². The van der Waals surface area contributed by atoms with Crippen LogP contribution in [0.1, 0.15) is 60.3 Å². The molecule has 0 aliphatic carbocycles. The lowest BCUT2D eigenvalue weighted by Gasteiger charge is -2.21. The van der Waals surface area contributed by atoms with Gasteiger partial charge in [0.25, 0.3) is 0 Å². The van der Waals surface area contributed by atoms with E-state index in [2.05, 4.69) is 51.8 Å². The minimum Gasteiger partial charge on any atom is -0.354 e. The lowest BCUT2D eigenvalue weighted by Crippen LogP contribution is -2.15. The highest BCUT2D eigenvalue weighted by atomic mass is 33.1. The molecule has 124 valence electrons. The van der Waals surface area contributed by atoms with Crippen LogP contribution in [-0.4, -0.2) is 30.4 Å². The molecule has 0 radical (unpaired) electrons. The van der Waals surface area contributed by atoms with Crippen molar-refractivity contribution in [2.75, 3.05) is 20.2 Å². The molecule has 4 heteroatoms. The fourth-order valence-electron chi connectivity index (χ4n) is 1.66. The molecule has 0 aliphatic heterocycles. The average molecular weight is 332 g/mol. The van der Waals surface area contributed by atoms with E-state index < -0.39 is 0 Å². The summed E-state index contributed by atoms with van der Waals surface area (Å²) in [5, 5.41) is 3.19. The maximum absolute atomic E-state index is 5.95. The zero-order chi connectivity index (χ0) is 16.1. The summed E-state index contributed by atoms with van der Waals surface area (Å²) < 4.78 is 6.21. The molecule has 0 aromatic rings. The van der Waals surface area contributed by atoms with E-state index in [-0.39, 0.29) is 10.2 Å². The molecule has 0 aromatic heterocycles. The van der Waals surface area contributed by atoms with E-state index >= 15 is 0 Å². The van der Waals surface area contributed by atoms with E-state index in [0.717, 1.165) is 19.4 Å². The molecule has 1 N–H and O–H groups in total.